The van der Waals surface area contributed by atoms with Gasteiger partial charge in [-0.1, -0.05) is 12.1 Å². The van der Waals surface area contributed by atoms with Gasteiger partial charge < -0.3 is 20.5 Å². The van der Waals surface area contributed by atoms with Crippen LogP contribution in [0.5, 0.6) is 0 Å². The number of nitrogens with zero attached hydrogens (tertiary/aromatic N) is 2. The molecule has 0 unspecified atom stereocenters. The Morgan fingerprint density at radius 3 is 2.68 bits per heavy atom. The number of likely N-dealkylation sites (tertiary alicyclic amines) is 1. The third kappa shape index (κ3) is 4.37. The molecule has 1 aliphatic rings. The zero-order valence-electron chi connectivity index (χ0n) is 16.5. The maximum atomic E-state index is 13.5. The maximum Gasteiger partial charge on any atom is 0.125 e. The van der Waals surface area contributed by atoms with Crippen LogP contribution in [0.2, 0.25) is 0 Å². The van der Waals surface area contributed by atoms with E-state index < -0.39 is 0 Å². The van der Waals surface area contributed by atoms with Crippen LogP contribution in [0.4, 0.5) is 10.1 Å². The van der Waals surface area contributed by atoms with Crippen molar-refractivity contribution in [2.45, 2.75) is 38.9 Å². The minimum Gasteiger partial charge on any atom is -0.399 e. The molecule has 0 aliphatic carbocycles. The zero-order chi connectivity index (χ0) is 19.5. The van der Waals surface area contributed by atoms with Crippen LogP contribution in [0.3, 0.4) is 0 Å². The lowest BCUT2D eigenvalue weighted by Gasteiger charge is -2.32. The van der Waals surface area contributed by atoms with Crippen molar-refractivity contribution >= 4 is 16.6 Å². The molecule has 0 bridgehead atoms. The highest BCUT2D eigenvalue weighted by Crippen LogP contribution is 2.18. The minimum atomic E-state index is -0.171. The largest absolute Gasteiger partial charge is 0.399 e. The first-order chi connectivity index (χ1) is 13.6. The lowest BCUT2D eigenvalue weighted by Crippen LogP contribution is -2.43. The molecule has 0 atom stereocenters. The second-order valence-electron chi connectivity index (χ2n) is 7.90. The van der Waals surface area contributed by atoms with Crippen LogP contribution in [-0.2, 0) is 13.1 Å². The summed E-state index contributed by atoms with van der Waals surface area (Å²) < 4.78 is 15.7. The number of nitrogens with two attached hydrogens (primary N) is 1. The van der Waals surface area contributed by atoms with Crippen LogP contribution in [0, 0.1) is 12.7 Å². The summed E-state index contributed by atoms with van der Waals surface area (Å²) in [5, 5.41) is 4.79. The van der Waals surface area contributed by atoms with E-state index in [9.17, 15) is 4.39 Å². The second-order valence-corrected chi connectivity index (χ2v) is 7.90. The van der Waals surface area contributed by atoms with Crippen LogP contribution >= 0.6 is 0 Å². The van der Waals surface area contributed by atoms with Crippen molar-refractivity contribution in [2.24, 2.45) is 0 Å². The first-order valence-electron chi connectivity index (χ1n) is 10.1. The van der Waals surface area contributed by atoms with Gasteiger partial charge in [-0.25, -0.2) is 4.39 Å². The Morgan fingerprint density at radius 1 is 1.07 bits per heavy atom. The number of aromatic nitrogens is 1. The molecule has 148 valence electrons. The summed E-state index contributed by atoms with van der Waals surface area (Å²) in [4.78, 5) is 2.51. The van der Waals surface area contributed by atoms with Crippen molar-refractivity contribution in [2.75, 3.05) is 25.4 Å². The Balaban J connectivity index is 1.24. The number of benzene rings is 2. The smallest absolute Gasteiger partial charge is 0.125 e. The van der Waals surface area contributed by atoms with Crippen molar-refractivity contribution < 1.29 is 4.39 Å². The Labute approximate surface area is 166 Å². The number of nitrogen functional groups attached to an aromatic ring is 1. The highest BCUT2D eigenvalue weighted by molar-refractivity contribution is 5.80. The van der Waals surface area contributed by atoms with Gasteiger partial charge in [0.15, 0.2) is 0 Å². The molecule has 4 rings (SSSR count). The molecular weight excluding hydrogens is 351 g/mol. The molecule has 1 aromatic heterocycles. The number of hydrogen-bond acceptors (Lipinski definition) is 3. The minimum absolute atomic E-state index is 0.171. The standard InChI is InChI=1S/C23H29FN4/c1-17-14-18(2-5-22(17)25)16-26-21-7-9-27(10-8-21)12-13-28-11-6-19-3-4-20(24)15-23(19)28/h2-6,11,14-15,21,26H,7-10,12-13,16,25H2,1H3. The third-order valence-corrected chi connectivity index (χ3v) is 5.91. The molecule has 1 saturated heterocycles. The summed E-state index contributed by atoms with van der Waals surface area (Å²) in [5.74, 6) is -0.171. The van der Waals surface area contributed by atoms with Gasteiger partial charge >= 0.3 is 0 Å². The molecule has 3 aromatic rings. The lowest BCUT2D eigenvalue weighted by atomic mass is 10.0. The van der Waals surface area contributed by atoms with Gasteiger partial charge in [-0.2, -0.15) is 0 Å². The van der Waals surface area contributed by atoms with Crippen LogP contribution < -0.4 is 11.1 Å². The number of halogens is 1. The number of hydrogen-bond donors (Lipinski definition) is 2. The quantitative estimate of drug-likeness (QED) is 0.637. The Morgan fingerprint density at radius 2 is 1.89 bits per heavy atom. The van der Waals surface area contributed by atoms with E-state index in [-0.39, 0.29) is 5.82 Å². The van der Waals surface area contributed by atoms with Gasteiger partial charge in [0.2, 0.25) is 0 Å². The summed E-state index contributed by atoms with van der Waals surface area (Å²) in [6, 6.07) is 13.9. The van der Waals surface area contributed by atoms with E-state index in [1.54, 1.807) is 6.07 Å². The number of nitrogens with one attached hydrogen (secondary N) is 1. The highest BCUT2D eigenvalue weighted by atomic mass is 19.1. The molecule has 0 spiro atoms. The van der Waals surface area contributed by atoms with Crippen LogP contribution in [-0.4, -0.2) is 35.1 Å². The van der Waals surface area contributed by atoms with E-state index >= 15 is 0 Å². The van der Waals surface area contributed by atoms with Gasteiger partial charge in [-0.3, -0.25) is 0 Å². The average Bonchev–Trinajstić information content (AvgIpc) is 3.10. The van der Waals surface area contributed by atoms with Gasteiger partial charge in [0.25, 0.3) is 0 Å². The summed E-state index contributed by atoms with van der Waals surface area (Å²) in [5.41, 5.74) is 10.2. The molecule has 28 heavy (non-hydrogen) atoms. The van der Waals surface area contributed by atoms with Gasteiger partial charge in [0.1, 0.15) is 5.82 Å². The van der Waals surface area contributed by atoms with E-state index in [0.29, 0.717) is 6.04 Å². The molecule has 3 N–H and O–H groups in total. The molecule has 1 aliphatic heterocycles. The molecule has 0 amide bonds. The molecule has 0 radical (unpaired) electrons. The Bertz CT molecular complexity index is 941. The predicted molar refractivity (Wildman–Crippen MR) is 114 cm³/mol. The van der Waals surface area contributed by atoms with Crippen LogP contribution in [0.1, 0.15) is 24.0 Å². The van der Waals surface area contributed by atoms with Gasteiger partial charge in [-0.05, 0) is 79.7 Å². The highest BCUT2D eigenvalue weighted by Gasteiger charge is 2.18. The second kappa shape index (κ2) is 8.33. The van der Waals surface area contributed by atoms with E-state index in [1.807, 2.05) is 12.1 Å². The fourth-order valence-corrected chi connectivity index (χ4v) is 4.07. The topological polar surface area (TPSA) is 46.2 Å². The molecule has 1 fully saturated rings. The third-order valence-electron chi connectivity index (χ3n) is 5.91. The molecule has 5 heteroatoms. The van der Waals surface area contributed by atoms with E-state index in [1.165, 1.54) is 11.6 Å². The van der Waals surface area contributed by atoms with Crippen molar-refractivity contribution in [1.82, 2.24) is 14.8 Å². The van der Waals surface area contributed by atoms with E-state index in [4.69, 9.17) is 5.73 Å². The monoisotopic (exact) mass is 380 g/mol. The summed E-state index contributed by atoms with van der Waals surface area (Å²) in [6.45, 7) is 7.06. The molecule has 2 heterocycles. The van der Waals surface area contributed by atoms with Gasteiger partial charge in [0.05, 0.1) is 5.52 Å². The lowest BCUT2D eigenvalue weighted by molar-refractivity contribution is 0.192. The summed E-state index contributed by atoms with van der Waals surface area (Å²) in [7, 11) is 0. The number of aryl methyl sites for hydroxylation is 1. The van der Waals surface area contributed by atoms with Crippen molar-refractivity contribution in [3.63, 3.8) is 0 Å². The predicted octanol–water partition coefficient (Wildman–Crippen LogP) is 3.93. The molecule has 2 aromatic carbocycles. The van der Waals surface area contributed by atoms with Crippen molar-refractivity contribution in [1.29, 1.82) is 0 Å². The number of rotatable bonds is 6. The first-order valence-corrected chi connectivity index (χ1v) is 10.1. The van der Waals surface area contributed by atoms with E-state index in [0.717, 1.165) is 67.7 Å². The summed E-state index contributed by atoms with van der Waals surface area (Å²) >= 11 is 0. The summed E-state index contributed by atoms with van der Waals surface area (Å²) in [6.07, 6.45) is 4.39. The SMILES string of the molecule is Cc1cc(CNC2CCN(CCn3ccc4ccc(F)cc43)CC2)ccc1N. The Hall–Kier alpha value is -2.37. The van der Waals surface area contributed by atoms with Crippen LogP contribution in [0.15, 0.2) is 48.7 Å². The maximum absolute atomic E-state index is 13.5. The van der Waals surface area contributed by atoms with Gasteiger partial charge in [0, 0.05) is 37.6 Å². The van der Waals surface area contributed by atoms with Crippen molar-refractivity contribution in [3.8, 4) is 0 Å². The fraction of sp³-hybridized carbons (Fsp3) is 0.391. The number of piperidine rings is 1. The normalized spacial score (nSPS) is 16.1. The van der Waals surface area contributed by atoms with Gasteiger partial charge in [-0.15, -0.1) is 0 Å². The van der Waals surface area contributed by atoms with Crippen LogP contribution in [0.25, 0.3) is 10.9 Å². The molecule has 4 nitrogen and oxygen atoms in total. The van der Waals surface area contributed by atoms with E-state index in [2.05, 4.69) is 46.1 Å². The average molecular weight is 381 g/mol. The molecule has 0 saturated carbocycles. The number of anilines is 1. The zero-order valence-corrected chi connectivity index (χ0v) is 16.5. The molecular formula is C23H29FN4. The Kier molecular flexibility index (Phi) is 5.64. The first kappa shape index (κ1) is 19.0. The fourth-order valence-electron chi connectivity index (χ4n) is 4.07. The van der Waals surface area contributed by atoms with Crippen molar-refractivity contribution in [3.05, 3.63) is 65.6 Å². The number of fused-ring (bicyclic) bond motifs is 1.